The second-order valence-corrected chi connectivity index (χ2v) is 5.35. The molecule has 5 heteroatoms. The lowest BCUT2D eigenvalue weighted by atomic mass is 10.2. The third kappa shape index (κ3) is 3.29. The quantitative estimate of drug-likeness (QED) is 0.834. The van der Waals surface area contributed by atoms with Crippen LogP contribution >= 0.6 is 11.8 Å². The molecule has 0 saturated heterocycles. The largest absolute Gasteiger partial charge is 0.454 e. The van der Waals surface area contributed by atoms with Gasteiger partial charge in [-0.05, 0) is 30.0 Å². The first-order valence-electron chi connectivity index (χ1n) is 6.23. The van der Waals surface area contributed by atoms with E-state index in [1.54, 1.807) is 17.8 Å². The van der Waals surface area contributed by atoms with Gasteiger partial charge in [-0.2, -0.15) is 0 Å². The Balaban J connectivity index is 2.35. The van der Waals surface area contributed by atoms with Crippen molar-refractivity contribution in [1.29, 1.82) is 0 Å². The molecule has 0 aromatic heterocycles. The highest BCUT2D eigenvalue weighted by Crippen LogP contribution is 2.33. The van der Waals surface area contributed by atoms with Crippen LogP contribution in [0.15, 0.2) is 41.3 Å². The SMILES string of the molecule is CCSc1cccc(Oc2ccc(F)cc2F)c1CN. The molecule has 0 unspecified atom stereocenters. The first-order valence-corrected chi connectivity index (χ1v) is 7.22. The first-order chi connectivity index (χ1) is 9.65. The zero-order valence-electron chi connectivity index (χ0n) is 11.0. The summed E-state index contributed by atoms with van der Waals surface area (Å²) in [4.78, 5) is 1.01. The van der Waals surface area contributed by atoms with E-state index in [4.69, 9.17) is 10.5 Å². The number of hydrogen-bond donors (Lipinski definition) is 1. The summed E-state index contributed by atoms with van der Waals surface area (Å²) in [7, 11) is 0. The predicted molar refractivity (Wildman–Crippen MR) is 77.2 cm³/mol. The molecule has 106 valence electrons. The topological polar surface area (TPSA) is 35.2 Å². The van der Waals surface area contributed by atoms with Crippen molar-refractivity contribution in [2.75, 3.05) is 5.75 Å². The minimum absolute atomic E-state index is 0.0141. The van der Waals surface area contributed by atoms with Gasteiger partial charge in [-0.1, -0.05) is 13.0 Å². The lowest BCUT2D eigenvalue weighted by Crippen LogP contribution is -2.02. The van der Waals surface area contributed by atoms with E-state index in [2.05, 4.69) is 0 Å². The van der Waals surface area contributed by atoms with Gasteiger partial charge in [0.25, 0.3) is 0 Å². The Labute approximate surface area is 120 Å². The standard InChI is InChI=1S/C15H15F2NOS/c1-2-20-15-5-3-4-13(11(15)9-18)19-14-7-6-10(16)8-12(14)17/h3-8H,2,9,18H2,1H3. The number of thioether (sulfide) groups is 1. The van der Waals surface area contributed by atoms with Gasteiger partial charge in [-0.15, -0.1) is 11.8 Å². The Bertz CT molecular complexity index is 604. The number of ether oxygens (including phenoxy) is 1. The molecule has 2 aromatic rings. The highest BCUT2D eigenvalue weighted by Gasteiger charge is 2.12. The van der Waals surface area contributed by atoms with Gasteiger partial charge in [0, 0.05) is 23.1 Å². The molecule has 0 radical (unpaired) electrons. The molecular formula is C15H15F2NOS. The second kappa shape index (κ2) is 6.72. The Morgan fingerprint density at radius 2 is 1.95 bits per heavy atom. The van der Waals surface area contributed by atoms with Crippen LogP contribution in [0.2, 0.25) is 0 Å². The average Bonchev–Trinajstić information content (AvgIpc) is 2.42. The summed E-state index contributed by atoms with van der Waals surface area (Å²) >= 11 is 1.64. The van der Waals surface area contributed by atoms with Crippen LogP contribution in [-0.2, 0) is 6.54 Å². The molecule has 0 fully saturated rings. The minimum Gasteiger partial charge on any atom is -0.454 e. The van der Waals surface area contributed by atoms with E-state index >= 15 is 0 Å². The highest BCUT2D eigenvalue weighted by molar-refractivity contribution is 7.99. The van der Waals surface area contributed by atoms with E-state index in [1.165, 1.54) is 6.07 Å². The van der Waals surface area contributed by atoms with Crippen molar-refractivity contribution in [2.24, 2.45) is 5.73 Å². The van der Waals surface area contributed by atoms with Crippen LogP contribution in [-0.4, -0.2) is 5.75 Å². The van der Waals surface area contributed by atoms with Gasteiger partial charge < -0.3 is 10.5 Å². The molecule has 2 nitrogen and oxygen atoms in total. The summed E-state index contributed by atoms with van der Waals surface area (Å²) in [5.74, 6) is 0.0170. The summed E-state index contributed by atoms with van der Waals surface area (Å²) in [6.45, 7) is 2.33. The average molecular weight is 295 g/mol. The van der Waals surface area contributed by atoms with E-state index in [1.807, 2.05) is 19.1 Å². The van der Waals surface area contributed by atoms with Gasteiger partial charge in [0.1, 0.15) is 11.6 Å². The van der Waals surface area contributed by atoms with Gasteiger partial charge in [0.2, 0.25) is 0 Å². The van der Waals surface area contributed by atoms with E-state index in [0.717, 1.165) is 28.3 Å². The van der Waals surface area contributed by atoms with Crippen LogP contribution in [0.1, 0.15) is 12.5 Å². The summed E-state index contributed by atoms with van der Waals surface area (Å²) in [6, 6.07) is 8.72. The maximum absolute atomic E-state index is 13.6. The molecule has 0 aliphatic rings. The molecule has 0 aliphatic carbocycles. The van der Waals surface area contributed by atoms with Crippen molar-refractivity contribution in [2.45, 2.75) is 18.4 Å². The normalized spacial score (nSPS) is 10.6. The highest BCUT2D eigenvalue weighted by atomic mass is 32.2. The molecule has 0 amide bonds. The fraction of sp³-hybridized carbons (Fsp3) is 0.200. The summed E-state index contributed by atoms with van der Waals surface area (Å²) in [5, 5.41) is 0. The molecular weight excluding hydrogens is 280 g/mol. The molecule has 20 heavy (non-hydrogen) atoms. The minimum atomic E-state index is -0.735. The molecule has 0 saturated carbocycles. The van der Waals surface area contributed by atoms with E-state index < -0.39 is 11.6 Å². The molecule has 2 rings (SSSR count). The van der Waals surface area contributed by atoms with Crippen molar-refractivity contribution >= 4 is 11.8 Å². The Kier molecular flexibility index (Phi) is 4.98. The third-order valence-electron chi connectivity index (χ3n) is 2.71. The number of halogens is 2. The zero-order chi connectivity index (χ0) is 14.5. The fourth-order valence-electron chi connectivity index (χ4n) is 1.81. The van der Waals surface area contributed by atoms with Crippen LogP contribution in [0, 0.1) is 11.6 Å². The summed E-state index contributed by atoms with van der Waals surface area (Å²) in [6.07, 6.45) is 0. The van der Waals surface area contributed by atoms with Crippen molar-refractivity contribution in [3.63, 3.8) is 0 Å². The fourth-order valence-corrected chi connectivity index (χ4v) is 2.65. The van der Waals surface area contributed by atoms with E-state index in [-0.39, 0.29) is 5.75 Å². The molecule has 0 bridgehead atoms. The van der Waals surface area contributed by atoms with Gasteiger partial charge >= 0.3 is 0 Å². The number of nitrogens with two attached hydrogens (primary N) is 1. The first kappa shape index (κ1) is 14.8. The van der Waals surface area contributed by atoms with Gasteiger partial charge in [-0.3, -0.25) is 0 Å². The molecule has 0 aliphatic heterocycles. The van der Waals surface area contributed by atoms with Crippen molar-refractivity contribution in [1.82, 2.24) is 0 Å². The van der Waals surface area contributed by atoms with Gasteiger partial charge in [-0.25, -0.2) is 8.78 Å². The van der Waals surface area contributed by atoms with Crippen LogP contribution in [0.3, 0.4) is 0 Å². The number of benzene rings is 2. The van der Waals surface area contributed by atoms with Crippen LogP contribution in [0.4, 0.5) is 8.78 Å². The molecule has 2 aromatic carbocycles. The number of hydrogen-bond acceptors (Lipinski definition) is 3. The van der Waals surface area contributed by atoms with E-state index in [9.17, 15) is 8.78 Å². The Morgan fingerprint density at radius 1 is 1.15 bits per heavy atom. The van der Waals surface area contributed by atoms with Gasteiger partial charge in [0.05, 0.1) is 0 Å². The Morgan fingerprint density at radius 3 is 2.60 bits per heavy atom. The second-order valence-electron chi connectivity index (χ2n) is 4.05. The molecule has 0 spiro atoms. The van der Waals surface area contributed by atoms with Gasteiger partial charge in [0.15, 0.2) is 11.6 Å². The van der Waals surface area contributed by atoms with Crippen molar-refractivity contribution in [3.8, 4) is 11.5 Å². The molecule has 2 N–H and O–H groups in total. The lowest BCUT2D eigenvalue weighted by Gasteiger charge is -2.14. The summed E-state index contributed by atoms with van der Waals surface area (Å²) in [5.41, 5.74) is 6.57. The van der Waals surface area contributed by atoms with Crippen LogP contribution in [0.5, 0.6) is 11.5 Å². The Hall–Kier alpha value is -1.59. The van der Waals surface area contributed by atoms with Crippen molar-refractivity contribution < 1.29 is 13.5 Å². The smallest absolute Gasteiger partial charge is 0.168 e. The number of rotatable bonds is 5. The van der Waals surface area contributed by atoms with Crippen LogP contribution < -0.4 is 10.5 Å². The van der Waals surface area contributed by atoms with Crippen LogP contribution in [0.25, 0.3) is 0 Å². The monoisotopic (exact) mass is 295 g/mol. The van der Waals surface area contributed by atoms with E-state index in [0.29, 0.717) is 12.3 Å². The molecule has 0 heterocycles. The predicted octanol–water partition coefficient (Wildman–Crippen LogP) is 4.33. The lowest BCUT2D eigenvalue weighted by molar-refractivity contribution is 0.432. The molecule has 0 atom stereocenters. The van der Waals surface area contributed by atoms with Crippen molar-refractivity contribution in [3.05, 3.63) is 53.6 Å². The summed E-state index contributed by atoms with van der Waals surface area (Å²) < 4.78 is 32.0. The maximum atomic E-state index is 13.6. The maximum Gasteiger partial charge on any atom is 0.168 e. The third-order valence-corrected chi connectivity index (χ3v) is 3.69. The zero-order valence-corrected chi connectivity index (χ0v) is 11.8.